The quantitative estimate of drug-likeness (QED) is 0.530. The fourth-order valence-corrected chi connectivity index (χ4v) is 5.49. The number of nitrogens with zero attached hydrogens (tertiary/aromatic N) is 1. The third kappa shape index (κ3) is 3.65. The zero-order chi connectivity index (χ0) is 25.2. The first-order valence-corrected chi connectivity index (χ1v) is 12.4. The minimum atomic E-state index is 0.0284. The van der Waals surface area contributed by atoms with Crippen LogP contribution in [0.15, 0.2) is 16.1 Å². The Morgan fingerprint density at radius 3 is 2.03 bits per heavy atom. The molecule has 3 aromatic rings. The second kappa shape index (κ2) is 8.33. The maximum Gasteiger partial charge on any atom is 0.147 e. The molecule has 0 fully saturated rings. The van der Waals surface area contributed by atoms with Crippen LogP contribution < -0.4 is 26.1 Å². The van der Waals surface area contributed by atoms with E-state index in [1.165, 1.54) is 33.4 Å². The minimum Gasteiger partial charge on any atom is -0.494 e. The number of ether oxygens (including phenoxy) is 1. The molecule has 5 heterocycles. The molecule has 2 aliphatic heterocycles. The van der Waals surface area contributed by atoms with Crippen molar-refractivity contribution in [1.29, 1.82) is 0 Å². The number of aliphatic imine (C=N–C) groups is 1. The largest absolute Gasteiger partial charge is 0.494 e. The van der Waals surface area contributed by atoms with Crippen molar-refractivity contribution in [2.45, 2.75) is 67.3 Å². The van der Waals surface area contributed by atoms with E-state index in [1.54, 1.807) is 7.11 Å². The highest BCUT2D eigenvalue weighted by Gasteiger charge is 2.21. The maximum absolute atomic E-state index is 5.85. The number of rotatable bonds is 2. The van der Waals surface area contributed by atoms with Crippen molar-refractivity contribution >= 4 is 30.0 Å². The van der Waals surface area contributed by atoms with Crippen LogP contribution >= 0.6 is 0 Å². The van der Waals surface area contributed by atoms with Gasteiger partial charge in [0.05, 0.1) is 24.6 Å². The van der Waals surface area contributed by atoms with E-state index in [9.17, 15) is 0 Å². The molecular formula is C30H36N4O. The topological polar surface area (TPSA) is 69.0 Å². The Morgan fingerprint density at radius 1 is 0.743 bits per heavy atom. The van der Waals surface area contributed by atoms with Gasteiger partial charge in [-0.25, -0.2) is 0 Å². The summed E-state index contributed by atoms with van der Waals surface area (Å²) < 4.78 is 5.85. The number of hydrogen-bond acceptors (Lipinski definition) is 2. The standard InChI is InChI=1S/C30H36N4O/c1-14(2)29-19(7)25-11-23-16(4)15(3)21(31-23)10-22-17(5)18(6)24(32-22)13-28-30(35-9)20(8)26(34-28)12-27(29)33-25/h10-14,23,32-34H,1-9H3/b22-10?,24-13?,25-11-,27-12?. The first-order valence-electron chi connectivity index (χ1n) is 12.4. The van der Waals surface area contributed by atoms with Gasteiger partial charge in [-0.15, -0.1) is 0 Å². The predicted octanol–water partition coefficient (Wildman–Crippen LogP) is 3.43. The Bertz CT molecular complexity index is 1660. The smallest absolute Gasteiger partial charge is 0.147 e. The van der Waals surface area contributed by atoms with E-state index in [1.807, 2.05) is 0 Å². The number of methoxy groups -OCH3 is 1. The van der Waals surface area contributed by atoms with Gasteiger partial charge in [-0.1, -0.05) is 13.8 Å². The van der Waals surface area contributed by atoms with Gasteiger partial charge in [0.1, 0.15) is 5.75 Å². The van der Waals surface area contributed by atoms with Crippen molar-refractivity contribution in [1.82, 2.24) is 15.0 Å². The molecule has 0 saturated carbocycles. The predicted molar refractivity (Wildman–Crippen MR) is 146 cm³/mol. The highest BCUT2D eigenvalue weighted by Crippen LogP contribution is 2.28. The van der Waals surface area contributed by atoms with Crippen molar-refractivity contribution in [2.24, 2.45) is 4.99 Å². The van der Waals surface area contributed by atoms with Crippen LogP contribution in [0.1, 0.15) is 72.8 Å². The number of allylic oxidation sites excluding steroid dienone is 1. The lowest BCUT2D eigenvalue weighted by atomic mass is 9.99. The van der Waals surface area contributed by atoms with E-state index in [4.69, 9.17) is 9.73 Å². The van der Waals surface area contributed by atoms with Crippen LogP contribution in [0.5, 0.6) is 5.75 Å². The molecule has 35 heavy (non-hydrogen) atoms. The zero-order valence-electron chi connectivity index (χ0n) is 22.3. The van der Waals surface area contributed by atoms with Crippen molar-refractivity contribution in [3.05, 3.63) is 71.7 Å². The fraction of sp³-hybridized carbons (Fsp3) is 0.367. The highest BCUT2D eigenvalue weighted by molar-refractivity contribution is 6.22. The normalized spacial score (nSPS) is 18.1. The first-order chi connectivity index (χ1) is 16.6. The summed E-state index contributed by atoms with van der Waals surface area (Å²) in [6, 6.07) is 0.0284. The van der Waals surface area contributed by atoms with Gasteiger partial charge in [0.25, 0.3) is 0 Å². The summed E-state index contributed by atoms with van der Waals surface area (Å²) in [5, 5.41) is 4.46. The molecule has 5 heteroatoms. The van der Waals surface area contributed by atoms with Gasteiger partial charge in [-0.3, -0.25) is 4.99 Å². The van der Waals surface area contributed by atoms with E-state index < -0.39 is 0 Å². The molecule has 5 nitrogen and oxygen atoms in total. The number of aromatic nitrogens is 3. The molecule has 0 saturated heterocycles. The lowest BCUT2D eigenvalue weighted by Crippen LogP contribution is -2.15. The monoisotopic (exact) mass is 468 g/mol. The SMILES string of the molecule is COc1c2[nH]c(c1C)C=c1[nH]/c(c(C)c1C(C)C)=C\C1N=C(C=c3[nH]c(c(C)c3C)=C2)C(C)=C1C. The molecule has 1 unspecified atom stereocenters. The Morgan fingerprint density at radius 2 is 1.37 bits per heavy atom. The summed E-state index contributed by atoms with van der Waals surface area (Å²) in [7, 11) is 1.74. The van der Waals surface area contributed by atoms with Crippen LogP contribution in [0.2, 0.25) is 0 Å². The van der Waals surface area contributed by atoms with Crippen LogP contribution in [0.4, 0.5) is 0 Å². The van der Waals surface area contributed by atoms with E-state index >= 15 is 0 Å². The maximum atomic E-state index is 5.85. The molecule has 0 amide bonds. The van der Waals surface area contributed by atoms with Crippen LogP contribution in [0, 0.1) is 27.7 Å². The van der Waals surface area contributed by atoms with Crippen LogP contribution in [-0.2, 0) is 0 Å². The van der Waals surface area contributed by atoms with Gasteiger partial charge in [-0.05, 0) is 105 Å². The van der Waals surface area contributed by atoms with Crippen LogP contribution in [-0.4, -0.2) is 33.8 Å². The summed E-state index contributed by atoms with van der Waals surface area (Å²) in [6.07, 6.45) is 8.86. The lowest BCUT2D eigenvalue weighted by molar-refractivity contribution is 0.411. The zero-order valence-corrected chi connectivity index (χ0v) is 22.3. The number of hydrogen-bond donors (Lipinski definition) is 3. The van der Waals surface area contributed by atoms with E-state index in [2.05, 4.69) is 94.6 Å². The Kier molecular flexibility index (Phi) is 5.54. The van der Waals surface area contributed by atoms with Gasteiger partial charge in [0.15, 0.2) is 0 Å². The molecule has 0 aliphatic carbocycles. The number of aromatic amines is 3. The summed E-state index contributed by atoms with van der Waals surface area (Å²) in [6.45, 7) is 17.6. The average Bonchev–Trinajstić information content (AvgIpc) is 3.45. The van der Waals surface area contributed by atoms with Crippen molar-refractivity contribution < 1.29 is 4.74 Å². The van der Waals surface area contributed by atoms with Crippen LogP contribution in [0.3, 0.4) is 0 Å². The molecule has 182 valence electrons. The Hall–Kier alpha value is -3.47. The van der Waals surface area contributed by atoms with Crippen molar-refractivity contribution in [2.75, 3.05) is 7.11 Å². The summed E-state index contributed by atoms with van der Waals surface area (Å²) in [4.78, 5) is 16.1. The summed E-state index contributed by atoms with van der Waals surface area (Å²) >= 11 is 0. The van der Waals surface area contributed by atoms with Crippen molar-refractivity contribution in [3.8, 4) is 5.75 Å². The number of nitrogens with one attached hydrogen (secondary N) is 3. The first kappa shape index (κ1) is 23.3. The van der Waals surface area contributed by atoms with E-state index in [-0.39, 0.29) is 6.04 Å². The Labute approximate surface area is 206 Å². The summed E-state index contributed by atoms with van der Waals surface area (Å²) in [5.74, 6) is 1.26. The fourth-order valence-electron chi connectivity index (χ4n) is 5.49. The molecular weight excluding hydrogens is 432 g/mol. The van der Waals surface area contributed by atoms with Gasteiger partial charge in [0, 0.05) is 32.7 Å². The molecule has 3 aromatic heterocycles. The van der Waals surface area contributed by atoms with Gasteiger partial charge in [-0.2, -0.15) is 0 Å². The van der Waals surface area contributed by atoms with Crippen molar-refractivity contribution in [3.63, 3.8) is 0 Å². The van der Waals surface area contributed by atoms with E-state index in [0.717, 1.165) is 49.8 Å². The van der Waals surface area contributed by atoms with Gasteiger partial charge in [0.2, 0.25) is 0 Å². The molecule has 8 bridgehead atoms. The molecule has 3 N–H and O–H groups in total. The Balaban J connectivity index is 1.93. The lowest BCUT2D eigenvalue weighted by Gasteiger charge is -2.05. The van der Waals surface area contributed by atoms with Crippen LogP contribution in [0.25, 0.3) is 24.3 Å². The molecule has 1 atom stereocenters. The highest BCUT2D eigenvalue weighted by atomic mass is 16.5. The van der Waals surface area contributed by atoms with Gasteiger partial charge < -0.3 is 19.7 Å². The van der Waals surface area contributed by atoms with E-state index in [0.29, 0.717) is 5.92 Å². The number of fused-ring (bicyclic) bond motifs is 7. The molecule has 0 spiro atoms. The molecule has 5 rings (SSSR count). The number of H-pyrrole nitrogens is 3. The third-order valence-corrected chi connectivity index (χ3v) is 7.93. The minimum absolute atomic E-state index is 0.0284. The molecule has 2 aliphatic rings. The third-order valence-electron chi connectivity index (χ3n) is 7.93. The second-order valence-corrected chi connectivity index (χ2v) is 10.3. The van der Waals surface area contributed by atoms with Gasteiger partial charge >= 0.3 is 0 Å². The second-order valence-electron chi connectivity index (χ2n) is 10.3. The summed E-state index contributed by atoms with van der Waals surface area (Å²) in [5.41, 5.74) is 11.8. The molecule has 0 radical (unpaired) electrons. The molecule has 0 aromatic carbocycles. The average molecular weight is 469 g/mol.